The van der Waals surface area contributed by atoms with E-state index in [9.17, 15) is 9.59 Å². The minimum absolute atomic E-state index is 0.0283. The molecule has 1 aliphatic heterocycles. The average molecular weight is 275 g/mol. The highest BCUT2D eigenvalue weighted by molar-refractivity contribution is 5.97. The predicted molar refractivity (Wildman–Crippen MR) is 77.3 cm³/mol. The number of nitrogens with two attached hydrogens (primary N) is 1. The quantitative estimate of drug-likeness (QED) is 0.848. The maximum Gasteiger partial charge on any atom is 0.254 e. The second-order valence-electron chi connectivity index (χ2n) is 5.21. The molecule has 1 unspecified atom stereocenters. The normalized spacial score (nSPS) is 18.6. The maximum atomic E-state index is 12.7. The van der Waals surface area contributed by atoms with E-state index in [0.29, 0.717) is 12.1 Å². The lowest BCUT2D eigenvalue weighted by molar-refractivity contribution is -0.119. The van der Waals surface area contributed by atoms with E-state index < -0.39 is 5.91 Å². The second kappa shape index (κ2) is 6.52. The van der Waals surface area contributed by atoms with E-state index in [1.807, 2.05) is 25.1 Å². The van der Waals surface area contributed by atoms with Crippen LogP contribution in [0.1, 0.15) is 28.8 Å². The highest BCUT2D eigenvalue weighted by Gasteiger charge is 2.27. The zero-order valence-corrected chi connectivity index (χ0v) is 11.8. The van der Waals surface area contributed by atoms with Crippen LogP contribution in [0.25, 0.3) is 0 Å². The smallest absolute Gasteiger partial charge is 0.254 e. The third-order valence-corrected chi connectivity index (χ3v) is 3.67. The summed E-state index contributed by atoms with van der Waals surface area (Å²) in [5.41, 5.74) is 6.85. The lowest BCUT2D eigenvalue weighted by Crippen LogP contribution is -2.51. The SMILES string of the molecule is Cc1ccccc1C(=O)N(CC(N)=O)C1CCCNC1. The number of hydrogen-bond donors (Lipinski definition) is 2. The van der Waals surface area contributed by atoms with Gasteiger partial charge in [-0.1, -0.05) is 18.2 Å². The Balaban J connectivity index is 2.23. The van der Waals surface area contributed by atoms with E-state index in [0.717, 1.165) is 24.9 Å². The zero-order chi connectivity index (χ0) is 14.5. The first-order valence-corrected chi connectivity index (χ1v) is 6.95. The molecule has 0 spiro atoms. The number of primary amides is 1. The van der Waals surface area contributed by atoms with Gasteiger partial charge in [0.25, 0.3) is 5.91 Å². The Morgan fingerprint density at radius 3 is 2.75 bits per heavy atom. The molecule has 1 fully saturated rings. The van der Waals surface area contributed by atoms with Crippen molar-refractivity contribution in [3.63, 3.8) is 0 Å². The number of nitrogens with one attached hydrogen (secondary N) is 1. The van der Waals surface area contributed by atoms with Crippen LogP contribution in [0, 0.1) is 6.92 Å². The van der Waals surface area contributed by atoms with Gasteiger partial charge in [0.05, 0.1) is 6.54 Å². The van der Waals surface area contributed by atoms with E-state index in [2.05, 4.69) is 5.32 Å². The van der Waals surface area contributed by atoms with Crippen LogP contribution in [0.3, 0.4) is 0 Å². The number of aryl methyl sites for hydroxylation is 1. The molecule has 0 bridgehead atoms. The van der Waals surface area contributed by atoms with Gasteiger partial charge >= 0.3 is 0 Å². The van der Waals surface area contributed by atoms with Crippen molar-refractivity contribution in [2.45, 2.75) is 25.8 Å². The predicted octanol–water partition coefficient (Wildman–Crippen LogP) is 0.675. The fourth-order valence-electron chi connectivity index (χ4n) is 2.60. The molecule has 2 amide bonds. The third-order valence-electron chi connectivity index (χ3n) is 3.67. The summed E-state index contributed by atoms with van der Waals surface area (Å²) in [4.78, 5) is 25.6. The second-order valence-corrected chi connectivity index (χ2v) is 5.21. The molecule has 0 radical (unpaired) electrons. The first-order valence-electron chi connectivity index (χ1n) is 6.95. The summed E-state index contributed by atoms with van der Waals surface area (Å²) >= 11 is 0. The molecule has 1 aliphatic rings. The highest BCUT2D eigenvalue weighted by atomic mass is 16.2. The van der Waals surface area contributed by atoms with Gasteiger partial charge in [-0.3, -0.25) is 9.59 Å². The van der Waals surface area contributed by atoms with Crippen molar-refractivity contribution in [3.05, 3.63) is 35.4 Å². The Bertz CT molecular complexity index is 496. The molecule has 0 saturated carbocycles. The molecule has 1 atom stereocenters. The maximum absolute atomic E-state index is 12.7. The molecule has 1 aromatic rings. The summed E-state index contributed by atoms with van der Waals surface area (Å²) in [6.45, 7) is 3.54. The Morgan fingerprint density at radius 1 is 1.40 bits per heavy atom. The molecule has 1 heterocycles. The molecule has 1 saturated heterocycles. The number of rotatable bonds is 4. The van der Waals surface area contributed by atoms with Crippen LogP contribution in [0.4, 0.5) is 0 Å². The molecular weight excluding hydrogens is 254 g/mol. The fraction of sp³-hybridized carbons (Fsp3) is 0.467. The van der Waals surface area contributed by atoms with Crippen molar-refractivity contribution in [1.29, 1.82) is 0 Å². The summed E-state index contributed by atoms with van der Waals surface area (Å²) < 4.78 is 0. The largest absolute Gasteiger partial charge is 0.368 e. The first kappa shape index (κ1) is 14.5. The van der Waals surface area contributed by atoms with Crippen molar-refractivity contribution in [1.82, 2.24) is 10.2 Å². The Labute approximate surface area is 119 Å². The highest BCUT2D eigenvalue weighted by Crippen LogP contribution is 2.16. The summed E-state index contributed by atoms with van der Waals surface area (Å²) in [6, 6.07) is 7.45. The molecule has 0 aliphatic carbocycles. The standard InChI is InChI=1S/C15H21N3O2/c1-11-5-2-3-7-13(11)15(20)18(10-14(16)19)12-6-4-8-17-9-12/h2-3,5,7,12,17H,4,6,8-10H2,1H3,(H2,16,19). The first-order chi connectivity index (χ1) is 9.59. The number of carbonyl (C=O) groups is 2. The van der Waals surface area contributed by atoms with Crippen molar-refractivity contribution < 1.29 is 9.59 Å². The lowest BCUT2D eigenvalue weighted by atomic mass is 10.0. The van der Waals surface area contributed by atoms with Crippen LogP contribution in [0.5, 0.6) is 0 Å². The fourth-order valence-corrected chi connectivity index (χ4v) is 2.60. The molecule has 0 aromatic heterocycles. The summed E-state index contributed by atoms with van der Waals surface area (Å²) in [5, 5.41) is 3.26. The van der Waals surface area contributed by atoms with Crippen LogP contribution in [-0.2, 0) is 4.79 Å². The molecule has 1 aromatic carbocycles. The van der Waals surface area contributed by atoms with Crippen molar-refractivity contribution in [3.8, 4) is 0 Å². The number of carbonyl (C=O) groups excluding carboxylic acids is 2. The number of benzene rings is 1. The molecule has 108 valence electrons. The van der Waals surface area contributed by atoms with Crippen LogP contribution in [0.2, 0.25) is 0 Å². The number of hydrogen-bond acceptors (Lipinski definition) is 3. The van der Waals surface area contributed by atoms with E-state index in [-0.39, 0.29) is 18.5 Å². The summed E-state index contributed by atoms with van der Waals surface area (Å²) in [6.07, 6.45) is 1.90. The minimum Gasteiger partial charge on any atom is -0.368 e. The van der Waals surface area contributed by atoms with Gasteiger partial charge < -0.3 is 16.0 Å². The van der Waals surface area contributed by atoms with Crippen LogP contribution >= 0.6 is 0 Å². The van der Waals surface area contributed by atoms with Crippen molar-refractivity contribution in [2.75, 3.05) is 19.6 Å². The average Bonchev–Trinajstić information content (AvgIpc) is 2.45. The van der Waals surface area contributed by atoms with Gasteiger partial charge in [0, 0.05) is 18.2 Å². The molecule has 3 N–H and O–H groups in total. The van der Waals surface area contributed by atoms with E-state index in [1.54, 1.807) is 11.0 Å². The van der Waals surface area contributed by atoms with Gasteiger partial charge in [-0.2, -0.15) is 0 Å². The van der Waals surface area contributed by atoms with Gasteiger partial charge in [-0.05, 0) is 37.9 Å². The van der Waals surface area contributed by atoms with Crippen molar-refractivity contribution >= 4 is 11.8 Å². The zero-order valence-electron chi connectivity index (χ0n) is 11.8. The number of amides is 2. The van der Waals surface area contributed by atoms with Gasteiger partial charge in [0.2, 0.25) is 5.91 Å². The van der Waals surface area contributed by atoms with Gasteiger partial charge in [-0.25, -0.2) is 0 Å². The van der Waals surface area contributed by atoms with Crippen molar-refractivity contribution in [2.24, 2.45) is 5.73 Å². The van der Waals surface area contributed by atoms with Crippen LogP contribution in [0.15, 0.2) is 24.3 Å². The van der Waals surface area contributed by atoms with E-state index >= 15 is 0 Å². The molecule has 20 heavy (non-hydrogen) atoms. The van der Waals surface area contributed by atoms with Gasteiger partial charge in [0.15, 0.2) is 0 Å². The third kappa shape index (κ3) is 3.36. The lowest BCUT2D eigenvalue weighted by Gasteiger charge is -2.34. The molecule has 5 heteroatoms. The van der Waals surface area contributed by atoms with Gasteiger partial charge in [-0.15, -0.1) is 0 Å². The minimum atomic E-state index is -0.475. The summed E-state index contributed by atoms with van der Waals surface area (Å²) in [7, 11) is 0. The van der Waals surface area contributed by atoms with Crippen LogP contribution < -0.4 is 11.1 Å². The monoisotopic (exact) mass is 275 g/mol. The molecule has 2 rings (SSSR count). The Morgan fingerprint density at radius 2 is 2.15 bits per heavy atom. The van der Waals surface area contributed by atoms with E-state index in [4.69, 9.17) is 5.73 Å². The Hall–Kier alpha value is -1.88. The van der Waals surface area contributed by atoms with Crippen LogP contribution in [-0.4, -0.2) is 42.4 Å². The molecular formula is C15H21N3O2. The number of nitrogens with zero attached hydrogens (tertiary/aromatic N) is 1. The summed E-state index contributed by atoms with van der Waals surface area (Å²) in [5.74, 6) is -0.590. The van der Waals surface area contributed by atoms with E-state index in [1.165, 1.54) is 0 Å². The Kier molecular flexibility index (Phi) is 4.74. The topological polar surface area (TPSA) is 75.4 Å². The van der Waals surface area contributed by atoms with Gasteiger partial charge in [0.1, 0.15) is 0 Å². The number of piperidine rings is 1. The molecule has 5 nitrogen and oxygen atoms in total.